The van der Waals surface area contributed by atoms with Gasteiger partial charge in [-0.15, -0.1) is 0 Å². The molecule has 0 aliphatic heterocycles. The van der Waals surface area contributed by atoms with Crippen LogP contribution in [0.4, 0.5) is 5.69 Å². The van der Waals surface area contributed by atoms with Crippen LogP contribution < -0.4 is 10.5 Å². The summed E-state index contributed by atoms with van der Waals surface area (Å²) in [5.41, 5.74) is 5.85. The number of hydrogen-bond donors (Lipinski definition) is 3. The molecular formula is C14H19N2NaO5S. The molecule has 0 heterocycles. The third kappa shape index (κ3) is 11.6. The Labute approximate surface area is 157 Å². The molecule has 1 amide bonds. The molecule has 23 heavy (non-hydrogen) atoms. The molecule has 0 aromatic heterocycles. The van der Waals surface area contributed by atoms with Crippen molar-refractivity contribution in [3.63, 3.8) is 0 Å². The fourth-order valence-corrected chi connectivity index (χ4v) is 2.13. The van der Waals surface area contributed by atoms with E-state index in [1.165, 1.54) is 30.3 Å². The van der Waals surface area contributed by atoms with Crippen molar-refractivity contribution >= 4 is 57.1 Å². The number of carboxylic acids is 1. The number of hydrogen-bond acceptors (Lipinski definition) is 5. The van der Waals surface area contributed by atoms with E-state index < -0.39 is 21.9 Å². The molecule has 0 bridgehead atoms. The summed E-state index contributed by atoms with van der Waals surface area (Å²) in [6, 6.07) is 5.57. The first kappa shape index (κ1) is 23.7. The van der Waals surface area contributed by atoms with Gasteiger partial charge in [0.1, 0.15) is 0 Å². The summed E-state index contributed by atoms with van der Waals surface area (Å²) in [7, 11) is -3.73. The number of allylic oxidation sites excluding steroid dienone is 3. The topological polar surface area (TPSA) is 127 Å². The zero-order valence-corrected chi connectivity index (χ0v) is 13.0. The fraction of sp³-hybridized carbons (Fsp3) is 0.143. The van der Waals surface area contributed by atoms with Gasteiger partial charge in [-0.2, -0.15) is 0 Å². The Hall–Kier alpha value is -1.61. The number of nitrogen functional groups attached to an aromatic ring is 1. The Morgan fingerprint density at radius 1 is 1.17 bits per heavy atom. The number of carboxylic acid groups (broad SMARTS) is 1. The van der Waals surface area contributed by atoms with E-state index in [2.05, 4.69) is 0 Å². The minimum absolute atomic E-state index is 0. The predicted molar refractivity (Wildman–Crippen MR) is 90.6 cm³/mol. The predicted octanol–water partition coefficient (Wildman–Crippen LogP) is 0.648. The van der Waals surface area contributed by atoms with E-state index in [9.17, 15) is 18.0 Å². The fourth-order valence-electron chi connectivity index (χ4n) is 1.14. The molecule has 9 heteroatoms. The quantitative estimate of drug-likeness (QED) is 0.317. The Kier molecular flexibility index (Phi) is 12.2. The van der Waals surface area contributed by atoms with Crippen molar-refractivity contribution in [2.45, 2.75) is 18.7 Å². The van der Waals surface area contributed by atoms with Crippen molar-refractivity contribution in [3.8, 4) is 0 Å². The maximum atomic E-state index is 11.4. The van der Waals surface area contributed by atoms with Crippen molar-refractivity contribution in [2.75, 3.05) is 5.73 Å². The maximum absolute atomic E-state index is 11.4. The first-order valence-electron chi connectivity index (χ1n) is 6.10. The molecule has 7 nitrogen and oxygen atoms in total. The van der Waals surface area contributed by atoms with Gasteiger partial charge in [0, 0.05) is 18.7 Å². The van der Waals surface area contributed by atoms with E-state index in [0.29, 0.717) is 5.69 Å². The molecule has 0 spiro atoms. The first-order valence-corrected chi connectivity index (χ1v) is 7.58. The van der Waals surface area contributed by atoms with Crippen LogP contribution in [0.3, 0.4) is 0 Å². The number of nitrogens with one attached hydrogen (secondary N) is 1. The summed E-state index contributed by atoms with van der Waals surface area (Å²) in [5.74, 6) is -1.54. The molecule has 0 unspecified atom stereocenters. The van der Waals surface area contributed by atoms with Gasteiger partial charge in [-0.25, -0.2) is 17.9 Å². The van der Waals surface area contributed by atoms with Crippen LogP contribution in [0.15, 0.2) is 53.5 Å². The van der Waals surface area contributed by atoms with Crippen LogP contribution in [0.2, 0.25) is 0 Å². The van der Waals surface area contributed by atoms with E-state index in [4.69, 9.17) is 10.8 Å². The molecule has 0 aliphatic rings. The summed E-state index contributed by atoms with van der Waals surface area (Å²) >= 11 is 0. The zero-order valence-electron chi connectivity index (χ0n) is 12.2. The average Bonchev–Trinajstić information content (AvgIpc) is 2.38. The Bertz CT molecular complexity index is 667. The minimum atomic E-state index is -3.73. The molecular weight excluding hydrogens is 331 g/mol. The summed E-state index contributed by atoms with van der Waals surface area (Å²) in [6.45, 7) is 2.96. The third-order valence-corrected chi connectivity index (χ3v) is 3.46. The van der Waals surface area contributed by atoms with E-state index in [1.54, 1.807) is 12.2 Å². The van der Waals surface area contributed by atoms with E-state index in [0.717, 1.165) is 13.0 Å². The normalized spacial score (nSPS) is 10.5. The zero-order chi connectivity index (χ0) is 17.2. The SMILES string of the molecule is C/C=C/C=C/C(=O)O.CC(=O)NS(=O)(=O)c1ccc(N)cc1.[NaH]. The summed E-state index contributed by atoms with van der Waals surface area (Å²) < 4.78 is 24.6. The van der Waals surface area contributed by atoms with Crippen LogP contribution in [0.25, 0.3) is 0 Å². The molecule has 0 radical (unpaired) electrons. The van der Waals surface area contributed by atoms with E-state index in [-0.39, 0.29) is 34.5 Å². The molecule has 1 aromatic rings. The number of rotatable bonds is 4. The number of anilines is 1. The number of carbonyl (C=O) groups excluding carboxylic acids is 1. The van der Waals surface area contributed by atoms with Crippen LogP contribution in [0, 0.1) is 0 Å². The van der Waals surface area contributed by atoms with Gasteiger partial charge in [-0.3, -0.25) is 4.79 Å². The van der Waals surface area contributed by atoms with Gasteiger partial charge in [0.25, 0.3) is 10.0 Å². The molecule has 4 N–H and O–H groups in total. The standard InChI is InChI=1S/C8H10N2O3S.C6H8O2.Na.H/c1-6(11)10-14(12,13)8-4-2-7(9)3-5-8;1-2-3-4-5-6(7)8;;/h2-5H,9H2,1H3,(H,10,11);2-5H,1H3,(H,7,8);;/b;3-2+,5-4+;;. The number of carbonyl (C=O) groups is 2. The van der Waals surface area contributed by atoms with Gasteiger partial charge < -0.3 is 10.8 Å². The second kappa shape index (κ2) is 11.9. The van der Waals surface area contributed by atoms with Gasteiger partial charge in [0.05, 0.1) is 4.90 Å². The van der Waals surface area contributed by atoms with Crippen LogP contribution >= 0.6 is 0 Å². The molecule has 0 atom stereocenters. The summed E-state index contributed by atoms with van der Waals surface area (Å²) in [5, 5.41) is 8.02. The molecule has 0 fully saturated rings. The summed E-state index contributed by atoms with van der Waals surface area (Å²) in [4.78, 5) is 20.4. The number of benzene rings is 1. The Morgan fingerprint density at radius 3 is 2.09 bits per heavy atom. The molecule has 1 aromatic carbocycles. The molecule has 122 valence electrons. The van der Waals surface area contributed by atoms with Crippen LogP contribution in [-0.2, 0) is 19.6 Å². The Morgan fingerprint density at radius 2 is 1.70 bits per heavy atom. The van der Waals surface area contributed by atoms with Gasteiger partial charge in [0.2, 0.25) is 5.91 Å². The Balaban J connectivity index is 0. The molecule has 0 aliphatic carbocycles. The number of nitrogens with two attached hydrogens (primary N) is 1. The van der Waals surface area contributed by atoms with Gasteiger partial charge >= 0.3 is 35.5 Å². The van der Waals surface area contributed by atoms with Crippen LogP contribution in [-0.4, -0.2) is 55.0 Å². The van der Waals surface area contributed by atoms with E-state index in [1.807, 2.05) is 11.6 Å². The molecule has 0 saturated carbocycles. The number of sulfonamides is 1. The third-order valence-electron chi connectivity index (χ3n) is 2.01. The van der Waals surface area contributed by atoms with Crippen molar-refractivity contribution in [1.29, 1.82) is 0 Å². The van der Waals surface area contributed by atoms with Gasteiger partial charge in [0.15, 0.2) is 0 Å². The second-order valence-electron chi connectivity index (χ2n) is 3.95. The first-order chi connectivity index (χ1) is 10.2. The van der Waals surface area contributed by atoms with Gasteiger partial charge in [-0.05, 0) is 31.2 Å². The van der Waals surface area contributed by atoms with Crippen LogP contribution in [0.5, 0.6) is 0 Å². The number of amides is 1. The van der Waals surface area contributed by atoms with E-state index >= 15 is 0 Å². The number of aliphatic carboxylic acids is 1. The van der Waals surface area contributed by atoms with Crippen molar-refractivity contribution in [3.05, 3.63) is 48.6 Å². The van der Waals surface area contributed by atoms with Gasteiger partial charge in [-0.1, -0.05) is 18.2 Å². The summed E-state index contributed by atoms with van der Waals surface area (Å²) in [6.07, 6.45) is 5.98. The van der Waals surface area contributed by atoms with Crippen molar-refractivity contribution in [2.24, 2.45) is 0 Å². The van der Waals surface area contributed by atoms with Crippen molar-refractivity contribution in [1.82, 2.24) is 4.72 Å². The molecule has 1 rings (SSSR count). The monoisotopic (exact) mass is 350 g/mol. The second-order valence-corrected chi connectivity index (χ2v) is 5.64. The molecule has 0 saturated heterocycles. The van der Waals surface area contributed by atoms with Crippen LogP contribution in [0.1, 0.15) is 13.8 Å². The average molecular weight is 350 g/mol. The van der Waals surface area contributed by atoms with Crippen molar-refractivity contribution < 1.29 is 23.1 Å².